The lowest BCUT2D eigenvalue weighted by molar-refractivity contribution is 0.211. The number of aryl methyl sites for hydroxylation is 2. The van der Waals surface area contributed by atoms with Crippen LogP contribution < -0.4 is 10.2 Å². The van der Waals surface area contributed by atoms with Gasteiger partial charge in [0.25, 0.3) is 0 Å². The average molecular weight is 278 g/mol. The Kier molecular flexibility index (Phi) is 4.36. The Hall–Kier alpha value is -1.92. The maximum absolute atomic E-state index is 11.7. The average Bonchev–Trinajstić information content (AvgIpc) is 2.42. The van der Waals surface area contributed by atoms with E-state index in [1.807, 2.05) is 13.8 Å². The smallest absolute Gasteiger partial charge is 0.317 e. The molecule has 110 valence electrons. The van der Waals surface area contributed by atoms with Crippen LogP contribution in [0.25, 0.3) is 0 Å². The number of carbonyl (C=O) groups excluding carboxylic acids is 1. The van der Waals surface area contributed by atoms with Gasteiger partial charge in [-0.05, 0) is 26.7 Å². The molecular weight excluding hydrogens is 256 g/mol. The highest BCUT2D eigenvalue weighted by Gasteiger charge is 2.24. The van der Waals surface area contributed by atoms with Crippen LogP contribution in [0, 0.1) is 13.8 Å². The van der Waals surface area contributed by atoms with Gasteiger partial charge in [-0.2, -0.15) is 5.10 Å². The van der Waals surface area contributed by atoms with Gasteiger partial charge >= 0.3 is 6.03 Å². The summed E-state index contributed by atoms with van der Waals surface area (Å²) in [6.45, 7) is 5.46. The third kappa shape index (κ3) is 3.34. The van der Waals surface area contributed by atoms with Crippen molar-refractivity contribution in [3.05, 3.63) is 11.4 Å². The SMILES string of the molecule is Cc1nnc(N2CCCC(NC(=O)N(C)C)C2)nc1C. The predicted octanol–water partition coefficient (Wildman–Crippen LogP) is 0.728. The fraction of sp³-hybridized carbons (Fsp3) is 0.692. The number of hydrogen-bond acceptors (Lipinski definition) is 5. The van der Waals surface area contributed by atoms with E-state index in [9.17, 15) is 4.79 Å². The van der Waals surface area contributed by atoms with Gasteiger partial charge in [0.1, 0.15) is 0 Å². The zero-order valence-electron chi connectivity index (χ0n) is 12.6. The standard InChI is InChI=1S/C13H22N6O/c1-9-10(2)16-17-12(14-9)19-7-5-6-11(8-19)15-13(20)18(3)4/h11H,5-8H2,1-4H3,(H,15,20). The van der Waals surface area contributed by atoms with Crippen LogP contribution in [0.1, 0.15) is 24.2 Å². The van der Waals surface area contributed by atoms with Crippen molar-refractivity contribution in [3.63, 3.8) is 0 Å². The molecule has 2 heterocycles. The molecule has 1 aromatic rings. The van der Waals surface area contributed by atoms with Gasteiger partial charge in [-0.1, -0.05) is 0 Å². The summed E-state index contributed by atoms with van der Waals surface area (Å²) in [5, 5.41) is 11.3. The molecule has 1 aliphatic heterocycles. The minimum atomic E-state index is -0.0593. The highest BCUT2D eigenvalue weighted by Crippen LogP contribution is 2.16. The summed E-state index contributed by atoms with van der Waals surface area (Å²) in [6, 6.07) is 0.0693. The molecule has 2 rings (SSSR count). The minimum Gasteiger partial charge on any atom is -0.337 e. The number of piperidine rings is 1. The van der Waals surface area contributed by atoms with Crippen LogP contribution >= 0.6 is 0 Å². The van der Waals surface area contributed by atoms with E-state index in [2.05, 4.69) is 25.4 Å². The van der Waals surface area contributed by atoms with E-state index in [1.54, 1.807) is 19.0 Å². The first-order chi connectivity index (χ1) is 9.47. The number of nitrogens with zero attached hydrogens (tertiary/aromatic N) is 5. The molecule has 2 amide bonds. The molecule has 20 heavy (non-hydrogen) atoms. The third-order valence-electron chi connectivity index (χ3n) is 3.52. The van der Waals surface area contributed by atoms with E-state index in [1.165, 1.54) is 0 Å². The molecular formula is C13H22N6O. The maximum Gasteiger partial charge on any atom is 0.317 e. The minimum absolute atomic E-state index is 0.0593. The van der Waals surface area contributed by atoms with Gasteiger partial charge in [0.2, 0.25) is 5.95 Å². The Labute approximate surface area is 119 Å². The summed E-state index contributed by atoms with van der Waals surface area (Å²) in [7, 11) is 3.48. The van der Waals surface area contributed by atoms with Gasteiger partial charge < -0.3 is 15.1 Å². The van der Waals surface area contributed by atoms with Crippen molar-refractivity contribution >= 4 is 12.0 Å². The van der Waals surface area contributed by atoms with E-state index < -0.39 is 0 Å². The second-order valence-electron chi connectivity index (χ2n) is 5.41. The molecule has 0 bridgehead atoms. The maximum atomic E-state index is 11.7. The first kappa shape index (κ1) is 14.5. The molecule has 1 aromatic heterocycles. The Morgan fingerprint density at radius 3 is 2.70 bits per heavy atom. The van der Waals surface area contributed by atoms with E-state index in [0.29, 0.717) is 5.95 Å². The molecule has 0 aliphatic carbocycles. The fourth-order valence-electron chi connectivity index (χ4n) is 2.16. The van der Waals surface area contributed by atoms with Gasteiger partial charge in [-0.15, -0.1) is 5.10 Å². The van der Waals surface area contributed by atoms with Crippen molar-refractivity contribution in [2.24, 2.45) is 0 Å². The highest BCUT2D eigenvalue weighted by molar-refractivity contribution is 5.73. The summed E-state index contributed by atoms with van der Waals surface area (Å²) in [6.07, 6.45) is 1.99. The molecule has 1 N–H and O–H groups in total. The Morgan fingerprint density at radius 2 is 2.05 bits per heavy atom. The summed E-state index contributed by atoms with van der Waals surface area (Å²) >= 11 is 0. The van der Waals surface area contributed by atoms with Crippen LogP contribution in [-0.4, -0.2) is 59.3 Å². The number of rotatable bonds is 2. The largest absolute Gasteiger partial charge is 0.337 e. The molecule has 7 heteroatoms. The highest BCUT2D eigenvalue weighted by atomic mass is 16.2. The zero-order chi connectivity index (χ0) is 14.7. The second-order valence-corrected chi connectivity index (χ2v) is 5.41. The molecule has 0 spiro atoms. The molecule has 1 fully saturated rings. The summed E-state index contributed by atoms with van der Waals surface area (Å²) < 4.78 is 0. The van der Waals surface area contributed by atoms with E-state index in [0.717, 1.165) is 37.3 Å². The Bertz CT molecular complexity index is 490. The molecule has 0 saturated carbocycles. The molecule has 1 saturated heterocycles. The van der Waals surface area contributed by atoms with Gasteiger partial charge in [0, 0.05) is 33.2 Å². The number of urea groups is 1. The topological polar surface area (TPSA) is 74.2 Å². The van der Waals surface area contributed by atoms with Crippen molar-refractivity contribution in [1.82, 2.24) is 25.4 Å². The van der Waals surface area contributed by atoms with Crippen molar-refractivity contribution in [3.8, 4) is 0 Å². The van der Waals surface area contributed by atoms with Crippen molar-refractivity contribution in [1.29, 1.82) is 0 Å². The molecule has 0 aromatic carbocycles. The van der Waals surface area contributed by atoms with Gasteiger partial charge in [-0.25, -0.2) is 9.78 Å². The van der Waals surface area contributed by atoms with Gasteiger partial charge in [0.05, 0.1) is 11.4 Å². The lowest BCUT2D eigenvalue weighted by atomic mass is 10.1. The lowest BCUT2D eigenvalue weighted by Crippen LogP contribution is -2.50. The first-order valence-electron chi connectivity index (χ1n) is 6.88. The van der Waals surface area contributed by atoms with Crippen LogP contribution in [0.2, 0.25) is 0 Å². The Balaban J connectivity index is 2.02. The normalized spacial score (nSPS) is 18.8. The monoisotopic (exact) mass is 278 g/mol. The van der Waals surface area contributed by atoms with E-state index in [-0.39, 0.29) is 12.1 Å². The van der Waals surface area contributed by atoms with Crippen molar-refractivity contribution < 1.29 is 4.79 Å². The second kappa shape index (κ2) is 6.02. The zero-order valence-corrected chi connectivity index (χ0v) is 12.6. The van der Waals surface area contributed by atoms with Crippen LogP contribution in [0.15, 0.2) is 0 Å². The van der Waals surface area contributed by atoms with Crippen LogP contribution in [0.4, 0.5) is 10.7 Å². The number of hydrogen-bond donors (Lipinski definition) is 1. The fourth-order valence-corrected chi connectivity index (χ4v) is 2.16. The summed E-state index contributed by atoms with van der Waals surface area (Å²) in [4.78, 5) is 19.8. The predicted molar refractivity (Wildman–Crippen MR) is 76.8 cm³/mol. The molecule has 0 radical (unpaired) electrons. The number of amides is 2. The lowest BCUT2D eigenvalue weighted by Gasteiger charge is -2.33. The summed E-state index contributed by atoms with van der Waals surface area (Å²) in [5.41, 5.74) is 1.75. The molecule has 7 nitrogen and oxygen atoms in total. The van der Waals surface area contributed by atoms with Gasteiger partial charge in [-0.3, -0.25) is 0 Å². The number of anilines is 1. The molecule has 1 atom stereocenters. The van der Waals surface area contributed by atoms with Crippen LogP contribution in [-0.2, 0) is 0 Å². The van der Waals surface area contributed by atoms with Crippen molar-refractivity contribution in [2.75, 3.05) is 32.1 Å². The number of nitrogens with one attached hydrogen (secondary N) is 1. The Morgan fingerprint density at radius 1 is 1.30 bits per heavy atom. The summed E-state index contributed by atoms with van der Waals surface area (Å²) in [5.74, 6) is 0.650. The van der Waals surface area contributed by atoms with Crippen LogP contribution in [0.5, 0.6) is 0 Å². The quantitative estimate of drug-likeness (QED) is 0.863. The number of carbonyl (C=O) groups is 1. The van der Waals surface area contributed by atoms with Crippen molar-refractivity contribution in [2.45, 2.75) is 32.7 Å². The third-order valence-corrected chi connectivity index (χ3v) is 3.52. The van der Waals surface area contributed by atoms with Gasteiger partial charge in [0.15, 0.2) is 0 Å². The van der Waals surface area contributed by atoms with Crippen LogP contribution in [0.3, 0.4) is 0 Å². The first-order valence-corrected chi connectivity index (χ1v) is 6.88. The molecule has 1 aliphatic rings. The number of aromatic nitrogens is 3. The molecule has 1 unspecified atom stereocenters. The van der Waals surface area contributed by atoms with E-state index >= 15 is 0 Å². The van der Waals surface area contributed by atoms with E-state index in [4.69, 9.17) is 0 Å².